The molecule has 0 aromatic heterocycles. The molecule has 2 aromatic carbocycles. The van der Waals surface area contributed by atoms with Crippen molar-refractivity contribution in [3.63, 3.8) is 0 Å². The van der Waals surface area contributed by atoms with E-state index in [1.165, 1.54) is 16.5 Å². The van der Waals surface area contributed by atoms with Crippen LogP contribution in [0.2, 0.25) is 0 Å². The van der Waals surface area contributed by atoms with Crippen LogP contribution in [0.25, 0.3) is 10.8 Å². The number of nitrogens with one attached hydrogen (secondary N) is 1. The van der Waals surface area contributed by atoms with Gasteiger partial charge >= 0.3 is 0 Å². The Bertz CT molecular complexity index is 503. The predicted octanol–water partition coefficient (Wildman–Crippen LogP) is 3.67. The fraction of sp³-hybridized carbons (Fsp3) is 0.200. The highest BCUT2D eigenvalue weighted by Crippen LogP contribution is 2.22. The SMILES string of the molecule is C#CCCCNc1cccc2ccccc12. The number of unbranched alkanes of at least 4 members (excludes halogenated alkanes) is 1. The van der Waals surface area contributed by atoms with Gasteiger partial charge in [0, 0.05) is 24.0 Å². The summed E-state index contributed by atoms with van der Waals surface area (Å²) in [5, 5.41) is 5.96. The van der Waals surface area contributed by atoms with Crippen molar-refractivity contribution in [1.29, 1.82) is 0 Å². The van der Waals surface area contributed by atoms with Gasteiger partial charge in [0.15, 0.2) is 0 Å². The van der Waals surface area contributed by atoms with Gasteiger partial charge in [-0.25, -0.2) is 0 Å². The van der Waals surface area contributed by atoms with Gasteiger partial charge in [-0.05, 0) is 17.9 Å². The standard InChI is InChI=1S/C15H15N/c1-2-3-6-12-16-15-11-7-9-13-8-4-5-10-14(13)15/h1,4-5,7-11,16H,3,6,12H2. The Hall–Kier alpha value is -1.94. The molecular weight excluding hydrogens is 194 g/mol. The molecule has 0 fully saturated rings. The van der Waals surface area contributed by atoms with Crippen LogP contribution in [0.4, 0.5) is 5.69 Å². The summed E-state index contributed by atoms with van der Waals surface area (Å²) < 4.78 is 0. The summed E-state index contributed by atoms with van der Waals surface area (Å²) in [6.45, 7) is 0.929. The van der Waals surface area contributed by atoms with E-state index in [0.717, 1.165) is 19.4 Å². The summed E-state index contributed by atoms with van der Waals surface area (Å²) in [5.41, 5.74) is 1.19. The summed E-state index contributed by atoms with van der Waals surface area (Å²) >= 11 is 0. The number of rotatable bonds is 4. The van der Waals surface area contributed by atoms with Gasteiger partial charge in [0.1, 0.15) is 0 Å². The Morgan fingerprint density at radius 3 is 2.75 bits per heavy atom. The first-order valence-electron chi connectivity index (χ1n) is 5.57. The van der Waals surface area contributed by atoms with E-state index in [0.29, 0.717) is 0 Å². The number of hydrogen-bond donors (Lipinski definition) is 1. The molecule has 0 amide bonds. The molecule has 0 aliphatic heterocycles. The molecule has 0 bridgehead atoms. The van der Waals surface area contributed by atoms with Gasteiger partial charge in [-0.15, -0.1) is 12.3 Å². The van der Waals surface area contributed by atoms with E-state index in [4.69, 9.17) is 6.42 Å². The molecule has 0 unspecified atom stereocenters. The first kappa shape index (κ1) is 10.6. The van der Waals surface area contributed by atoms with Crippen LogP contribution in [-0.4, -0.2) is 6.54 Å². The fourth-order valence-electron chi connectivity index (χ4n) is 1.79. The normalized spacial score (nSPS) is 9.94. The van der Waals surface area contributed by atoms with Crippen LogP contribution < -0.4 is 5.32 Å². The Balaban J connectivity index is 2.15. The summed E-state index contributed by atoms with van der Waals surface area (Å²) in [5.74, 6) is 2.65. The molecule has 2 aromatic rings. The number of terminal acetylenes is 1. The highest BCUT2D eigenvalue weighted by molar-refractivity contribution is 5.93. The molecule has 0 saturated carbocycles. The number of fused-ring (bicyclic) bond motifs is 1. The van der Waals surface area contributed by atoms with Crippen molar-refractivity contribution in [1.82, 2.24) is 0 Å². The van der Waals surface area contributed by atoms with E-state index in [9.17, 15) is 0 Å². The number of benzene rings is 2. The lowest BCUT2D eigenvalue weighted by Crippen LogP contribution is -2.01. The maximum absolute atomic E-state index is 5.22. The van der Waals surface area contributed by atoms with Crippen LogP contribution in [0, 0.1) is 12.3 Å². The monoisotopic (exact) mass is 209 g/mol. The van der Waals surface area contributed by atoms with E-state index in [-0.39, 0.29) is 0 Å². The Morgan fingerprint density at radius 2 is 1.88 bits per heavy atom. The van der Waals surface area contributed by atoms with E-state index >= 15 is 0 Å². The van der Waals surface area contributed by atoms with Gasteiger partial charge in [-0.2, -0.15) is 0 Å². The molecule has 80 valence electrons. The molecule has 1 N–H and O–H groups in total. The average molecular weight is 209 g/mol. The molecule has 0 heterocycles. The van der Waals surface area contributed by atoms with Crippen LogP contribution in [0.3, 0.4) is 0 Å². The molecule has 0 aliphatic carbocycles. The Kier molecular flexibility index (Phi) is 3.46. The average Bonchev–Trinajstić information content (AvgIpc) is 2.35. The minimum atomic E-state index is 0.831. The predicted molar refractivity (Wildman–Crippen MR) is 70.5 cm³/mol. The molecule has 16 heavy (non-hydrogen) atoms. The zero-order chi connectivity index (χ0) is 11.2. The third kappa shape index (κ3) is 2.35. The van der Waals surface area contributed by atoms with Crippen LogP contribution in [0.5, 0.6) is 0 Å². The molecule has 1 heteroatoms. The molecular formula is C15H15N. The highest BCUT2D eigenvalue weighted by Gasteiger charge is 1.98. The van der Waals surface area contributed by atoms with E-state index in [1.807, 2.05) is 0 Å². The van der Waals surface area contributed by atoms with Crippen molar-refractivity contribution >= 4 is 16.5 Å². The van der Waals surface area contributed by atoms with Gasteiger partial charge in [-0.1, -0.05) is 36.4 Å². The van der Waals surface area contributed by atoms with Gasteiger partial charge in [0.25, 0.3) is 0 Å². The second-order valence-electron chi connectivity index (χ2n) is 3.76. The van der Waals surface area contributed by atoms with E-state index < -0.39 is 0 Å². The second-order valence-corrected chi connectivity index (χ2v) is 3.76. The van der Waals surface area contributed by atoms with Crippen molar-refractivity contribution in [3.8, 4) is 12.3 Å². The third-order valence-corrected chi connectivity index (χ3v) is 2.60. The third-order valence-electron chi connectivity index (χ3n) is 2.60. The van der Waals surface area contributed by atoms with Crippen molar-refractivity contribution in [2.24, 2.45) is 0 Å². The lowest BCUT2D eigenvalue weighted by Gasteiger charge is -2.08. The van der Waals surface area contributed by atoms with E-state index in [2.05, 4.69) is 53.7 Å². The molecule has 0 spiro atoms. The maximum atomic E-state index is 5.22. The molecule has 0 aliphatic rings. The Labute approximate surface area is 96.5 Å². The van der Waals surface area contributed by atoms with Gasteiger partial charge in [-0.3, -0.25) is 0 Å². The Morgan fingerprint density at radius 1 is 1.06 bits per heavy atom. The van der Waals surface area contributed by atoms with Gasteiger partial charge in [0.2, 0.25) is 0 Å². The van der Waals surface area contributed by atoms with Gasteiger partial charge < -0.3 is 5.32 Å². The minimum Gasteiger partial charge on any atom is -0.385 e. The minimum absolute atomic E-state index is 0.831. The van der Waals surface area contributed by atoms with Crippen molar-refractivity contribution < 1.29 is 0 Å². The van der Waals surface area contributed by atoms with Gasteiger partial charge in [0.05, 0.1) is 0 Å². The molecule has 0 saturated heterocycles. The number of hydrogen-bond acceptors (Lipinski definition) is 1. The lowest BCUT2D eigenvalue weighted by molar-refractivity contribution is 0.908. The molecule has 0 radical (unpaired) electrons. The zero-order valence-electron chi connectivity index (χ0n) is 9.24. The van der Waals surface area contributed by atoms with Crippen molar-refractivity contribution in [2.45, 2.75) is 12.8 Å². The van der Waals surface area contributed by atoms with Crippen LogP contribution in [0.1, 0.15) is 12.8 Å². The summed E-state index contributed by atoms with van der Waals surface area (Å²) in [6.07, 6.45) is 7.07. The molecule has 1 nitrogen and oxygen atoms in total. The fourth-order valence-corrected chi connectivity index (χ4v) is 1.79. The van der Waals surface area contributed by atoms with E-state index in [1.54, 1.807) is 0 Å². The quantitative estimate of drug-likeness (QED) is 0.598. The smallest absolute Gasteiger partial charge is 0.0419 e. The lowest BCUT2D eigenvalue weighted by atomic mass is 10.1. The summed E-state index contributed by atoms with van der Waals surface area (Å²) in [6, 6.07) is 14.7. The van der Waals surface area contributed by atoms with Crippen molar-refractivity contribution in [3.05, 3.63) is 42.5 Å². The largest absolute Gasteiger partial charge is 0.385 e. The molecule has 2 rings (SSSR count). The highest BCUT2D eigenvalue weighted by atomic mass is 14.9. The van der Waals surface area contributed by atoms with Crippen molar-refractivity contribution in [2.75, 3.05) is 11.9 Å². The maximum Gasteiger partial charge on any atom is 0.0419 e. The van der Waals surface area contributed by atoms with Crippen LogP contribution in [0.15, 0.2) is 42.5 Å². The summed E-state index contributed by atoms with van der Waals surface area (Å²) in [7, 11) is 0. The summed E-state index contributed by atoms with van der Waals surface area (Å²) in [4.78, 5) is 0. The zero-order valence-corrected chi connectivity index (χ0v) is 9.24. The van der Waals surface area contributed by atoms with Crippen LogP contribution in [-0.2, 0) is 0 Å². The second kappa shape index (κ2) is 5.23. The molecule has 0 atom stereocenters. The van der Waals surface area contributed by atoms with Crippen LogP contribution >= 0.6 is 0 Å². The first-order valence-corrected chi connectivity index (χ1v) is 5.57. The number of anilines is 1. The first-order chi connectivity index (χ1) is 7.92. The topological polar surface area (TPSA) is 12.0 Å².